The predicted octanol–water partition coefficient (Wildman–Crippen LogP) is 3.51. The molecule has 1 aliphatic heterocycles. The number of benzene rings is 2. The minimum absolute atomic E-state index is 0.164. The number of nitrogens with zero attached hydrogens (tertiary/aromatic N) is 1. The molecule has 0 saturated carbocycles. The quantitative estimate of drug-likeness (QED) is 0.722. The van der Waals surface area contributed by atoms with Crippen LogP contribution in [0.3, 0.4) is 0 Å². The first-order valence-electron chi connectivity index (χ1n) is 9.32. The Morgan fingerprint density at radius 1 is 1.21 bits per heavy atom. The van der Waals surface area contributed by atoms with Crippen molar-refractivity contribution in [1.82, 2.24) is 10.2 Å². The lowest BCUT2D eigenvalue weighted by atomic mass is 10.1. The molecule has 0 aliphatic carbocycles. The number of morpholine rings is 1. The summed E-state index contributed by atoms with van der Waals surface area (Å²) in [5.74, 6) is 0.507. The Morgan fingerprint density at radius 3 is 2.71 bits per heavy atom. The van der Waals surface area contributed by atoms with Crippen molar-refractivity contribution in [3.63, 3.8) is 0 Å². The highest BCUT2D eigenvalue weighted by Gasteiger charge is 2.12. The molecule has 6 heteroatoms. The maximum Gasteiger partial charge on any atom is 0.244 e. The van der Waals surface area contributed by atoms with Gasteiger partial charge in [-0.2, -0.15) is 0 Å². The van der Waals surface area contributed by atoms with E-state index < -0.39 is 0 Å². The fraction of sp³-hybridized carbons (Fsp3) is 0.318. The Bertz CT molecular complexity index is 832. The van der Waals surface area contributed by atoms with Crippen molar-refractivity contribution < 1.29 is 14.3 Å². The Balaban J connectivity index is 1.59. The van der Waals surface area contributed by atoms with Crippen LogP contribution in [-0.4, -0.2) is 44.2 Å². The minimum atomic E-state index is -0.164. The highest BCUT2D eigenvalue weighted by molar-refractivity contribution is 6.30. The first kappa shape index (κ1) is 20.4. The second kappa shape index (κ2) is 10.3. The number of halogens is 1. The van der Waals surface area contributed by atoms with Gasteiger partial charge < -0.3 is 14.8 Å². The molecule has 2 aromatic rings. The van der Waals surface area contributed by atoms with Gasteiger partial charge in [-0.1, -0.05) is 35.9 Å². The zero-order chi connectivity index (χ0) is 19.8. The number of nitrogens with one attached hydrogen (secondary N) is 1. The third-order valence-electron chi connectivity index (χ3n) is 4.68. The lowest BCUT2D eigenvalue weighted by Gasteiger charge is -2.27. The molecular formula is C22H25ClN2O3. The number of carbonyl (C=O) groups excluding carboxylic acids is 1. The number of amides is 1. The van der Waals surface area contributed by atoms with Crippen LogP contribution in [-0.2, 0) is 22.6 Å². The second-order valence-electron chi connectivity index (χ2n) is 6.59. The van der Waals surface area contributed by atoms with E-state index in [1.165, 1.54) is 11.6 Å². The van der Waals surface area contributed by atoms with E-state index in [0.717, 1.165) is 44.0 Å². The summed E-state index contributed by atoms with van der Waals surface area (Å²) in [4.78, 5) is 14.6. The summed E-state index contributed by atoms with van der Waals surface area (Å²) in [7, 11) is 1.59. The number of hydrogen-bond donors (Lipinski definition) is 1. The largest absolute Gasteiger partial charge is 0.496 e. The maximum absolute atomic E-state index is 12.3. The normalized spacial score (nSPS) is 14.9. The van der Waals surface area contributed by atoms with Crippen LogP contribution in [0, 0.1) is 0 Å². The van der Waals surface area contributed by atoms with Crippen LogP contribution in [0.1, 0.15) is 16.7 Å². The van der Waals surface area contributed by atoms with Crippen LogP contribution in [0.5, 0.6) is 5.75 Å². The molecule has 5 nitrogen and oxygen atoms in total. The van der Waals surface area contributed by atoms with Gasteiger partial charge in [-0.3, -0.25) is 9.69 Å². The van der Waals surface area contributed by atoms with Gasteiger partial charge in [-0.15, -0.1) is 0 Å². The van der Waals surface area contributed by atoms with Crippen LogP contribution >= 0.6 is 11.6 Å². The molecule has 1 saturated heterocycles. The van der Waals surface area contributed by atoms with Crippen LogP contribution in [0.15, 0.2) is 48.5 Å². The molecule has 1 heterocycles. The van der Waals surface area contributed by atoms with Crippen molar-refractivity contribution in [2.75, 3.05) is 33.4 Å². The third kappa shape index (κ3) is 5.83. The molecule has 1 aliphatic rings. The third-order valence-corrected chi connectivity index (χ3v) is 4.91. The highest BCUT2D eigenvalue weighted by atomic mass is 35.5. The summed E-state index contributed by atoms with van der Waals surface area (Å²) < 4.78 is 10.7. The van der Waals surface area contributed by atoms with Gasteiger partial charge in [0.15, 0.2) is 0 Å². The van der Waals surface area contributed by atoms with E-state index in [4.69, 9.17) is 21.1 Å². The summed E-state index contributed by atoms with van der Waals surface area (Å²) in [6.07, 6.45) is 3.21. The molecule has 1 fully saturated rings. The average Bonchev–Trinajstić information content (AvgIpc) is 2.72. The Kier molecular flexibility index (Phi) is 7.48. The van der Waals surface area contributed by atoms with E-state index in [9.17, 15) is 4.79 Å². The summed E-state index contributed by atoms with van der Waals surface area (Å²) in [6.45, 7) is 4.77. The van der Waals surface area contributed by atoms with E-state index >= 15 is 0 Å². The predicted molar refractivity (Wildman–Crippen MR) is 111 cm³/mol. The standard InChI is InChI=1S/C22H25ClN2O3/c1-27-21-8-7-20(23)14-17(21)6-9-22(26)24-15-18-4-2-3-5-19(18)16-25-10-12-28-13-11-25/h2-9,14H,10-13,15-16H2,1H3,(H,24,26)/b9-6+. The summed E-state index contributed by atoms with van der Waals surface area (Å²) >= 11 is 6.03. The number of hydrogen-bond acceptors (Lipinski definition) is 4. The number of methoxy groups -OCH3 is 1. The summed E-state index contributed by atoms with van der Waals surface area (Å²) in [5.41, 5.74) is 3.11. The highest BCUT2D eigenvalue weighted by Crippen LogP contribution is 2.23. The molecular weight excluding hydrogens is 376 g/mol. The topological polar surface area (TPSA) is 50.8 Å². The van der Waals surface area contributed by atoms with Gasteiger partial charge in [-0.25, -0.2) is 0 Å². The molecule has 0 aromatic heterocycles. The molecule has 2 aromatic carbocycles. The molecule has 0 atom stereocenters. The molecule has 1 N–H and O–H groups in total. The lowest BCUT2D eigenvalue weighted by molar-refractivity contribution is -0.116. The maximum atomic E-state index is 12.3. The Labute approximate surface area is 170 Å². The Hall–Kier alpha value is -2.34. The smallest absolute Gasteiger partial charge is 0.244 e. The molecule has 148 valence electrons. The minimum Gasteiger partial charge on any atom is -0.496 e. The second-order valence-corrected chi connectivity index (χ2v) is 7.03. The van der Waals surface area contributed by atoms with E-state index in [1.807, 2.05) is 12.1 Å². The van der Waals surface area contributed by atoms with Crippen molar-refractivity contribution in [1.29, 1.82) is 0 Å². The van der Waals surface area contributed by atoms with Crippen LogP contribution in [0.4, 0.5) is 0 Å². The summed E-state index contributed by atoms with van der Waals surface area (Å²) in [5, 5.41) is 3.55. The summed E-state index contributed by atoms with van der Waals surface area (Å²) in [6, 6.07) is 13.5. The van der Waals surface area contributed by atoms with Crippen molar-refractivity contribution >= 4 is 23.6 Å². The van der Waals surface area contributed by atoms with Gasteiger partial charge in [0.1, 0.15) is 5.75 Å². The van der Waals surface area contributed by atoms with E-state index in [1.54, 1.807) is 31.4 Å². The van der Waals surface area contributed by atoms with Gasteiger partial charge in [0.05, 0.1) is 20.3 Å². The van der Waals surface area contributed by atoms with Crippen LogP contribution in [0.25, 0.3) is 6.08 Å². The van der Waals surface area contributed by atoms with Gasteiger partial charge in [0, 0.05) is 42.8 Å². The van der Waals surface area contributed by atoms with Crippen molar-refractivity contribution in [2.45, 2.75) is 13.1 Å². The molecule has 1 amide bonds. The zero-order valence-electron chi connectivity index (χ0n) is 16.0. The van der Waals surface area contributed by atoms with E-state index in [-0.39, 0.29) is 5.91 Å². The fourth-order valence-corrected chi connectivity index (χ4v) is 3.31. The monoisotopic (exact) mass is 400 g/mol. The van der Waals surface area contributed by atoms with Crippen LogP contribution < -0.4 is 10.1 Å². The van der Waals surface area contributed by atoms with Gasteiger partial charge in [-0.05, 0) is 35.4 Å². The van der Waals surface area contributed by atoms with E-state index in [0.29, 0.717) is 17.3 Å². The molecule has 28 heavy (non-hydrogen) atoms. The molecule has 0 unspecified atom stereocenters. The van der Waals surface area contributed by atoms with Crippen LogP contribution in [0.2, 0.25) is 5.02 Å². The number of carbonyl (C=O) groups is 1. The molecule has 3 rings (SSSR count). The van der Waals surface area contributed by atoms with Crippen molar-refractivity contribution in [3.8, 4) is 5.75 Å². The van der Waals surface area contributed by atoms with E-state index in [2.05, 4.69) is 22.3 Å². The Morgan fingerprint density at radius 2 is 1.96 bits per heavy atom. The first-order chi connectivity index (χ1) is 13.7. The average molecular weight is 401 g/mol. The molecule has 0 radical (unpaired) electrons. The van der Waals surface area contributed by atoms with Crippen molar-refractivity contribution in [3.05, 3.63) is 70.3 Å². The number of ether oxygens (including phenoxy) is 2. The fourth-order valence-electron chi connectivity index (χ4n) is 3.13. The number of rotatable bonds is 7. The van der Waals surface area contributed by atoms with Gasteiger partial charge in [0.25, 0.3) is 0 Å². The molecule has 0 spiro atoms. The van der Waals surface area contributed by atoms with Gasteiger partial charge in [0.2, 0.25) is 5.91 Å². The zero-order valence-corrected chi connectivity index (χ0v) is 16.7. The first-order valence-corrected chi connectivity index (χ1v) is 9.70. The SMILES string of the molecule is COc1ccc(Cl)cc1/C=C/C(=O)NCc1ccccc1CN1CCOCC1. The van der Waals surface area contributed by atoms with Crippen molar-refractivity contribution in [2.24, 2.45) is 0 Å². The van der Waals surface area contributed by atoms with Gasteiger partial charge >= 0.3 is 0 Å². The molecule has 0 bridgehead atoms. The lowest BCUT2D eigenvalue weighted by Crippen LogP contribution is -2.36.